The van der Waals surface area contributed by atoms with Crippen molar-refractivity contribution >= 4 is 15.9 Å². The molecular weight excluding hydrogens is 376 g/mol. The van der Waals surface area contributed by atoms with Gasteiger partial charge in [0.2, 0.25) is 10.0 Å². The zero-order chi connectivity index (χ0) is 20.0. The summed E-state index contributed by atoms with van der Waals surface area (Å²) in [4.78, 5) is 12.6. The normalized spacial score (nSPS) is 11.3. The van der Waals surface area contributed by atoms with Crippen molar-refractivity contribution in [1.29, 1.82) is 0 Å². The maximum Gasteiger partial charge on any atom is 0.251 e. The van der Waals surface area contributed by atoms with Gasteiger partial charge in [0.25, 0.3) is 5.91 Å². The number of sulfonamides is 1. The van der Waals surface area contributed by atoms with Gasteiger partial charge in [0.15, 0.2) is 0 Å². The van der Waals surface area contributed by atoms with Gasteiger partial charge in [-0.3, -0.25) is 9.48 Å². The SMILES string of the molecule is CCNS(=O)(=O)c1cccc(C(=O)NCc2ccccc2Cn2cccn2)c1. The third-order valence-electron chi connectivity index (χ3n) is 4.19. The number of aromatic nitrogens is 2. The van der Waals surface area contributed by atoms with Crippen LogP contribution in [-0.4, -0.2) is 30.7 Å². The Labute approximate surface area is 164 Å². The van der Waals surface area contributed by atoms with Gasteiger partial charge in [-0.1, -0.05) is 37.3 Å². The van der Waals surface area contributed by atoms with Crippen molar-refractivity contribution in [2.24, 2.45) is 0 Å². The van der Waals surface area contributed by atoms with E-state index in [9.17, 15) is 13.2 Å². The summed E-state index contributed by atoms with van der Waals surface area (Å²) in [6, 6.07) is 15.7. The molecule has 0 unspecified atom stereocenters. The molecule has 0 spiro atoms. The fraction of sp³-hybridized carbons (Fsp3) is 0.200. The van der Waals surface area contributed by atoms with Crippen LogP contribution in [-0.2, 0) is 23.1 Å². The van der Waals surface area contributed by atoms with Crippen molar-refractivity contribution in [2.45, 2.75) is 24.9 Å². The van der Waals surface area contributed by atoms with Gasteiger partial charge in [-0.25, -0.2) is 13.1 Å². The van der Waals surface area contributed by atoms with Crippen molar-refractivity contribution in [3.05, 3.63) is 83.7 Å². The molecule has 0 bridgehead atoms. The average molecular weight is 398 g/mol. The van der Waals surface area contributed by atoms with Crippen LogP contribution in [0.25, 0.3) is 0 Å². The summed E-state index contributed by atoms with van der Waals surface area (Å²) in [7, 11) is -3.61. The van der Waals surface area contributed by atoms with Crippen molar-refractivity contribution in [3.63, 3.8) is 0 Å². The molecule has 146 valence electrons. The molecule has 28 heavy (non-hydrogen) atoms. The maximum absolute atomic E-state index is 12.5. The highest BCUT2D eigenvalue weighted by atomic mass is 32.2. The summed E-state index contributed by atoms with van der Waals surface area (Å²) in [6.45, 7) is 2.93. The van der Waals surface area contributed by atoms with E-state index in [1.54, 1.807) is 25.3 Å². The van der Waals surface area contributed by atoms with Crippen LogP contribution in [0.3, 0.4) is 0 Å². The van der Waals surface area contributed by atoms with Gasteiger partial charge >= 0.3 is 0 Å². The lowest BCUT2D eigenvalue weighted by molar-refractivity contribution is 0.0950. The first-order chi connectivity index (χ1) is 13.5. The van der Waals surface area contributed by atoms with E-state index in [-0.39, 0.29) is 17.3 Å². The standard InChI is InChI=1S/C20H22N4O3S/c1-2-23-28(26,27)19-10-5-9-16(13-19)20(25)21-14-17-7-3-4-8-18(17)15-24-12-6-11-22-24/h3-13,23H,2,14-15H2,1H3,(H,21,25). The molecule has 0 saturated heterocycles. The van der Waals surface area contributed by atoms with Gasteiger partial charge < -0.3 is 5.32 Å². The second-order valence-electron chi connectivity index (χ2n) is 6.18. The van der Waals surface area contributed by atoms with E-state index in [2.05, 4.69) is 15.1 Å². The molecule has 2 aromatic carbocycles. The van der Waals surface area contributed by atoms with E-state index in [4.69, 9.17) is 0 Å². The van der Waals surface area contributed by atoms with Crippen LogP contribution in [0.4, 0.5) is 0 Å². The minimum Gasteiger partial charge on any atom is -0.348 e. The monoisotopic (exact) mass is 398 g/mol. The quantitative estimate of drug-likeness (QED) is 0.608. The molecule has 0 aliphatic carbocycles. The summed E-state index contributed by atoms with van der Waals surface area (Å²) in [6.07, 6.45) is 3.60. The summed E-state index contributed by atoms with van der Waals surface area (Å²) >= 11 is 0. The van der Waals surface area contributed by atoms with E-state index in [0.717, 1.165) is 11.1 Å². The lowest BCUT2D eigenvalue weighted by Gasteiger charge is -2.12. The molecule has 3 rings (SSSR count). The number of carbonyl (C=O) groups is 1. The Morgan fingerprint density at radius 1 is 1.07 bits per heavy atom. The average Bonchev–Trinajstić information content (AvgIpc) is 3.20. The van der Waals surface area contributed by atoms with Crippen LogP contribution in [0.2, 0.25) is 0 Å². The van der Waals surface area contributed by atoms with Gasteiger partial charge in [0, 0.05) is 31.0 Å². The summed E-state index contributed by atoms with van der Waals surface area (Å²) < 4.78 is 28.5. The Kier molecular flexibility index (Phi) is 6.23. The van der Waals surface area contributed by atoms with Gasteiger partial charge in [-0.2, -0.15) is 5.10 Å². The molecule has 0 aliphatic heterocycles. The van der Waals surface area contributed by atoms with Crippen LogP contribution < -0.4 is 10.0 Å². The van der Waals surface area contributed by atoms with Gasteiger partial charge in [-0.15, -0.1) is 0 Å². The highest BCUT2D eigenvalue weighted by Gasteiger charge is 2.15. The lowest BCUT2D eigenvalue weighted by Crippen LogP contribution is -2.25. The van der Waals surface area contributed by atoms with Crippen LogP contribution in [0.5, 0.6) is 0 Å². The molecule has 7 nitrogen and oxygen atoms in total. The second-order valence-corrected chi connectivity index (χ2v) is 7.95. The van der Waals surface area contributed by atoms with Gasteiger partial charge in [0.05, 0.1) is 11.4 Å². The topological polar surface area (TPSA) is 93.1 Å². The fourth-order valence-corrected chi connectivity index (χ4v) is 3.89. The minimum atomic E-state index is -3.61. The Balaban J connectivity index is 1.71. The minimum absolute atomic E-state index is 0.0704. The first-order valence-electron chi connectivity index (χ1n) is 8.92. The number of carbonyl (C=O) groups excluding carboxylic acids is 1. The molecule has 0 radical (unpaired) electrons. The predicted octanol–water partition coefficient (Wildman–Crippen LogP) is 2.16. The molecule has 8 heteroatoms. The van der Waals surface area contributed by atoms with Crippen molar-refractivity contribution < 1.29 is 13.2 Å². The summed E-state index contributed by atoms with van der Waals surface area (Å²) in [5, 5.41) is 7.07. The fourth-order valence-electron chi connectivity index (χ4n) is 2.81. The number of benzene rings is 2. The molecule has 3 aromatic rings. The molecular formula is C20H22N4O3S. The zero-order valence-corrected chi connectivity index (χ0v) is 16.3. The highest BCUT2D eigenvalue weighted by Crippen LogP contribution is 2.13. The van der Waals surface area contributed by atoms with Crippen molar-refractivity contribution in [2.75, 3.05) is 6.54 Å². The molecule has 1 aromatic heterocycles. The number of hydrogen-bond donors (Lipinski definition) is 2. The lowest BCUT2D eigenvalue weighted by atomic mass is 10.1. The third kappa shape index (κ3) is 4.85. The first-order valence-corrected chi connectivity index (χ1v) is 10.4. The van der Waals surface area contributed by atoms with Gasteiger partial charge in [-0.05, 0) is 35.4 Å². The number of amides is 1. The largest absolute Gasteiger partial charge is 0.348 e. The van der Waals surface area contributed by atoms with Crippen molar-refractivity contribution in [3.8, 4) is 0 Å². The highest BCUT2D eigenvalue weighted by molar-refractivity contribution is 7.89. The molecule has 0 aliphatic rings. The summed E-state index contributed by atoms with van der Waals surface area (Å²) in [5.74, 6) is -0.331. The Bertz CT molecular complexity index is 1050. The van der Waals surface area contributed by atoms with Crippen LogP contribution in [0, 0.1) is 0 Å². The molecule has 1 heterocycles. The second kappa shape index (κ2) is 8.81. The van der Waals surface area contributed by atoms with Crippen LogP contribution in [0.15, 0.2) is 71.9 Å². The number of nitrogens with zero attached hydrogens (tertiary/aromatic N) is 2. The maximum atomic E-state index is 12.5. The Hall–Kier alpha value is -2.97. The predicted molar refractivity (Wildman–Crippen MR) is 106 cm³/mol. The van der Waals surface area contributed by atoms with Crippen LogP contribution in [0.1, 0.15) is 28.4 Å². The molecule has 0 atom stereocenters. The first kappa shape index (κ1) is 19.8. The van der Waals surface area contributed by atoms with E-state index in [1.807, 2.05) is 41.2 Å². The van der Waals surface area contributed by atoms with E-state index >= 15 is 0 Å². The van der Waals surface area contributed by atoms with Crippen LogP contribution >= 0.6 is 0 Å². The molecule has 0 saturated carbocycles. The summed E-state index contributed by atoms with van der Waals surface area (Å²) in [5.41, 5.74) is 2.32. The number of rotatable bonds is 8. The van der Waals surface area contributed by atoms with E-state index < -0.39 is 10.0 Å². The molecule has 0 fully saturated rings. The number of hydrogen-bond acceptors (Lipinski definition) is 4. The van der Waals surface area contributed by atoms with Gasteiger partial charge in [0.1, 0.15) is 0 Å². The smallest absolute Gasteiger partial charge is 0.251 e. The molecule has 1 amide bonds. The Morgan fingerprint density at radius 3 is 2.57 bits per heavy atom. The zero-order valence-electron chi connectivity index (χ0n) is 15.5. The van der Waals surface area contributed by atoms with E-state index in [1.165, 1.54) is 12.1 Å². The Morgan fingerprint density at radius 2 is 1.86 bits per heavy atom. The van der Waals surface area contributed by atoms with E-state index in [0.29, 0.717) is 18.7 Å². The van der Waals surface area contributed by atoms with Crippen molar-refractivity contribution in [1.82, 2.24) is 19.8 Å². The number of nitrogens with one attached hydrogen (secondary N) is 2. The molecule has 2 N–H and O–H groups in total. The third-order valence-corrected chi connectivity index (χ3v) is 5.73.